The van der Waals surface area contributed by atoms with Crippen LogP contribution >= 0.6 is 0 Å². The fourth-order valence-corrected chi connectivity index (χ4v) is 1.02. The Morgan fingerprint density at radius 1 is 1.67 bits per heavy atom. The lowest BCUT2D eigenvalue weighted by atomic mass is 10.3. The zero-order chi connectivity index (χ0) is 11.3. The summed E-state index contributed by atoms with van der Waals surface area (Å²) in [5.41, 5.74) is 5.87. The number of ether oxygens (including phenoxy) is 1. The Morgan fingerprint density at radius 2 is 2.40 bits per heavy atom. The van der Waals surface area contributed by atoms with Crippen molar-refractivity contribution in [3.63, 3.8) is 0 Å². The van der Waals surface area contributed by atoms with Crippen LogP contribution in [0.4, 0.5) is 5.82 Å². The van der Waals surface area contributed by atoms with Gasteiger partial charge in [0.2, 0.25) is 0 Å². The third kappa shape index (κ3) is 3.55. The Labute approximate surface area is 88.6 Å². The van der Waals surface area contributed by atoms with Gasteiger partial charge in [0.25, 0.3) is 0 Å². The van der Waals surface area contributed by atoms with Gasteiger partial charge in [-0.25, -0.2) is 9.78 Å². The molecule has 0 spiro atoms. The van der Waals surface area contributed by atoms with Crippen LogP contribution in [-0.2, 0) is 4.74 Å². The first-order chi connectivity index (χ1) is 7.13. The Hall–Kier alpha value is -1.62. The largest absolute Gasteiger partial charge is 0.464 e. The Morgan fingerprint density at radius 3 is 3.00 bits per heavy atom. The molecule has 1 unspecified atom stereocenters. The van der Waals surface area contributed by atoms with Crippen molar-refractivity contribution in [3.8, 4) is 0 Å². The maximum atomic E-state index is 11.2. The minimum Gasteiger partial charge on any atom is -0.464 e. The van der Waals surface area contributed by atoms with E-state index in [9.17, 15) is 4.79 Å². The van der Waals surface area contributed by atoms with Gasteiger partial charge in [0.1, 0.15) is 5.82 Å². The van der Waals surface area contributed by atoms with Crippen molar-refractivity contribution in [2.24, 2.45) is 5.73 Å². The van der Waals surface area contributed by atoms with Gasteiger partial charge in [-0.1, -0.05) is 6.07 Å². The summed E-state index contributed by atoms with van der Waals surface area (Å²) in [6.07, 6.45) is 0. The molecular formula is C10H15N3O2. The molecule has 0 aromatic carbocycles. The molecule has 0 amide bonds. The first-order valence-corrected chi connectivity index (χ1v) is 4.68. The molecule has 0 bridgehead atoms. The standard InChI is InChI=1S/C10H15N3O2/c1-7(11)6-12-9-5-3-4-8(13-9)10(14)15-2/h3-5,7H,6,11H2,1-2H3,(H,12,13). The normalized spacial score (nSPS) is 11.9. The molecule has 0 aliphatic rings. The lowest BCUT2D eigenvalue weighted by Gasteiger charge is -2.08. The predicted octanol–water partition coefficient (Wildman–Crippen LogP) is 0.627. The molecule has 1 aromatic heterocycles. The summed E-state index contributed by atoms with van der Waals surface area (Å²) >= 11 is 0. The maximum absolute atomic E-state index is 11.2. The Kier molecular flexibility index (Phi) is 4.05. The summed E-state index contributed by atoms with van der Waals surface area (Å²) in [5.74, 6) is 0.176. The lowest BCUT2D eigenvalue weighted by Crippen LogP contribution is -2.25. The number of methoxy groups -OCH3 is 1. The number of esters is 1. The van der Waals surface area contributed by atoms with Crippen LogP contribution in [0, 0.1) is 0 Å². The maximum Gasteiger partial charge on any atom is 0.356 e. The quantitative estimate of drug-likeness (QED) is 0.711. The highest BCUT2D eigenvalue weighted by atomic mass is 16.5. The molecule has 0 fully saturated rings. The van der Waals surface area contributed by atoms with Crippen molar-refractivity contribution in [2.45, 2.75) is 13.0 Å². The van der Waals surface area contributed by atoms with Gasteiger partial charge in [0.15, 0.2) is 5.69 Å². The summed E-state index contributed by atoms with van der Waals surface area (Å²) in [6.45, 7) is 2.49. The van der Waals surface area contributed by atoms with Gasteiger partial charge in [0.05, 0.1) is 7.11 Å². The third-order valence-corrected chi connectivity index (χ3v) is 1.75. The van der Waals surface area contributed by atoms with E-state index in [2.05, 4.69) is 15.0 Å². The van der Waals surface area contributed by atoms with Crippen LogP contribution in [0.5, 0.6) is 0 Å². The van der Waals surface area contributed by atoms with Gasteiger partial charge < -0.3 is 15.8 Å². The number of anilines is 1. The fourth-order valence-electron chi connectivity index (χ4n) is 1.02. The second kappa shape index (κ2) is 5.31. The number of nitrogens with zero attached hydrogens (tertiary/aromatic N) is 1. The lowest BCUT2D eigenvalue weighted by molar-refractivity contribution is 0.0594. The van der Waals surface area contributed by atoms with Crippen LogP contribution in [0.2, 0.25) is 0 Å². The highest BCUT2D eigenvalue weighted by Gasteiger charge is 2.07. The van der Waals surface area contributed by atoms with E-state index < -0.39 is 5.97 Å². The number of aromatic nitrogens is 1. The molecule has 1 atom stereocenters. The number of hydrogen-bond acceptors (Lipinski definition) is 5. The van der Waals surface area contributed by atoms with E-state index in [-0.39, 0.29) is 11.7 Å². The molecule has 0 radical (unpaired) electrons. The number of rotatable bonds is 4. The highest BCUT2D eigenvalue weighted by Crippen LogP contribution is 2.05. The van der Waals surface area contributed by atoms with Crippen molar-refractivity contribution >= 4 is 11.8 Å². The first-order valence-electron chi connectivity index (χ1n) is 4.68. The molecule has 0 aliphatic carbocycles. The van der Waals surface area contributed by atoms with Crippen LogP contribution in [-0.4, -0.2) is 30.6 Å². The zero-order valence-electron chi connectivity index (χ0n) is 8.86. The molecule has 1 heterocycles. The summed E-state index contributed by atoms with van der Waals surface area (Å²) in [5, 5.41) is 3.02. The van der Waals surface area contributed by atoms with Gasteiger partial charge in [-0.05, 0) is 19.1 Å². The van der Waals surface area contributed by atoms with Crippen molar-refractivity contribution in [2.75, 3.05) is 19.0 Å². The van der Waals surface area contributed by atoms with Crippen molar-refractivity contribution in [1.29, 1.82) is 0 Å². The summed E-state index contributed by atoms with van der Waals surface area (Å²) < 4.78 is 4.56. The summed E-state index contributed by atoms with van der Waals surface area (Å²) in [4.78, 5) is 15.2. The van der Waals surface area contributed by atoms with E-state index in [0.29, 0.717) is 12.4 Å². The van der Waals surface area contributed by atoms with Crippen molar-refractivity contribution in [3.05, 3.63) is 23.9 Å². The van der Waals surface area contributed by atoms with E-state index >= 15 is 0 Å². The minimum atomic E-state index is -0.445. The van der Waals surface area contributed by atoms with Gasteiger partial charge >= 0.3 is 5.97 Å². The fraction of sp³-hybridized carbons (Fsp3) is 0.400. The molecule has 82 valence electrons. The molecule has 5 nitrogen and oxygen atoms in total. The zero-order valence-corrected chi connectivity index (χ0v) is 8.86. The Balaban J connectivity index is 2.70. The van der Waals surface area contributed by atoms with E-state index in [4.69, 9.17) is 5.73 Å². The predicted molar refractivity (Wildman–Crippen MR) is 57.7 cm³/mol. The number of carbonyl (C=O) groups excluding carboxylic acids is 1. The minimum absolute atomic E-state index is 0.0357. The number of nitrogens with one attached hydrogen (secondary N) is 1. The van der Waals surface area contributed by atoms with Crippen LogP contribution < -0.4 is 11.1 Å². The van der Waals surface area contributed by atoms with Crippen LogP contribution in [0.3, 0.4) is 0 Å². The first kappa shape index (κ1) is 11.5. The second-order valence-electron chi connectivity index (χ2n) is 3.26. The van der Waals surface area contributed by atoms with E-state index in [1.54, 1.807) is 18.2 Å². The molecule has 15 heavy (non-hydrogen) atoms. The van der Waals surface area contributed by atoms with Crippen molar-refractivity contribution < 1.29 is 9.53 Å². The topological polar surface area (TPSA) is 77.2 Å². The molecule has 5 heteroatoms. The smallest absolute Gasteiger partial charge is 0.356 e. The summed E-state index contributed by atoms with van der Waals surface area (Å²) in [6, 6.07) is 5.15. The van der Waals surface area contributed by atoms with Crippen LogP contribution in [0.1, 0.15) is 17.4 Å². The second-order valence-corrected chi connectivity index (χ2v) is 3.26. The number of carbonyl (C=O) groups is 1. The van der Waals surface area contributed by atoms with Crippen LogP contribution in [0.25, 0.3) is 0 Å². The van der Waals surface area contributed by atoms with Gasteiger partial charge in [-0.15, -0.1) is 0 Å². The van der Waals surface area contributed by atoms with Crippen molar-refractivity contribution in [1.82, 2.24) is 4.98 Å². The van der Waals surface area contributed by atoms with Gasteiger partial charge in [-0.3, -0.25) is 0 Å². The van der Waals surface area contributed by atoms with E-state index in [1.807, 2.05) is 6.92 Å². The Bertz CT molecular complexity index is 339. The highest BCUT2D eigenvalue weighted by molar-refractivity contribution is 5.87. The van der Waals surface area contributed by atoms with E-state index in [1.165, 1.54) is 7.11 Å². The van der Waals surface area contributed by atoms with Crippen LogP contribution in [0.15, 0.2) is 18.2 Å². The molecule has 3 N–H and O–H groups in total. The number of nitrogens with two attached hydrogens (primary N) is 1. The molecular weight excluding hydrogens is 194 g/mol. The molecule has 0 saturated carbocycles. The SMILES string of the molecule is COC(=O)c1cccc(NCC(C)N)n1. The molecule has 0 aliphatic heterocycles. The third-order valence-electron chi connectivity index (χ3n) is 1.75. The average Bonchev–Trinajstić information content (AvgIpc) is 2.25. The van der Waals surface area contributed by atoms with Gasteiger partial charge in [-0.2, -0.15) is 0 Å². The monoisotopic (exact) mass is 209 g/mol. The van der Waals surface area contributed by atoms with Gasteiger partial charge in [0, 0.05) is 12.6 Å². The molecule has 1 rings (SSSR count). The molecule has 1 aromatic rings. The molecule has 0 saturated heterocycles. The number of pyridine rings is 1. The summed E-state index contributed by atoms with van der Waals surface area (Å²) in [7, 11) is 1.33. The average molecular weight is 209 g/mol. The van der Waals surface area contributed by atoms with E-state index in [0.717, 1.165) is 0 Å². The number of hydrogen-bond donors (Lipinski definition) is 2.